The molecule has 15 heavy (non-hydrogen) atoms. The Morgan fingerprint density at radius 2 is 2.00 bits per heavy atom. The zero-order chi connectivity index (χ0) is 11.7. The van der Waals surface area contributed by atoms with Crippen LogP contribution in [0, 0.1) is 11.3 Å². The number of nitrogens with one attached hydrogen (secondary N) is 1. The molecule has 0 amide bonds. The summed E-state index contributed by atoms with van der Waals surface area (Å²) in [6, 6.07) is 1.78. The van der Waals surface area contributed by atoms with Gasteiger partial charge >= 0.3 is 0 Å². The van der Waals surface area contributed by atoms with Crippen LogP contribution < -0.4 is 4.72 Å². The fraction of sp³-hybridized carbons (Fsp3) is 0.900. The molecule has 0 saturated heterocycles. The predicted molar refractivity (Wildman–Crippen MR) is 60.8 cm³/mol. The third-order valence-corrected chi connectivity index (χ3v) is 4.37. The maximum absolute atomic E-state index is 11.7. The van der Waals surface area contributed by atoms with E-state index in [9.17, 15) is 8.42 Å². The van der Waals surface area contributed by atoms with Crippen LogP contribution in [0.15, 0.2) is 0 Å². The Morgan fingerprint density at radius 3 is 2.47 bits per heavy atom. The maximum Gasteiger partial charge on any atom is 0.215 e. The first-order valence-electron chi connectivity index (χ1n) is 5.43. The molecule has 1 atom stereocenters. The normalized spacial score (nSPS) is 13.4. The zero-order valence-corrected chi connectivity index (χ0v) is 10.3. The number of rotatable bonds is 8. The van der Waals surface area contributed by atoms with Gasteiger partial charge in [0.25, 0.3) is 0 Å². The molecule has 0 aliphatic rings. The van der Waals surface area contributed by atoms with Gasteiger partial charge in [-0.25, -0.2) is 13.1 Å². The summed E-state index contributed by atoms with van der Waals surface area (Å²) in [4.78, 5) is 0. The lowest BCUT2D eigenvalue weighted by atomic mass is 10.1. The largest absolute Gasteiger partial charge is 0.215 e. The molecule has 88 valence electrons. The van der Waals surface area contributed by atoms with Crippen molar-refractivity contribution in [1.82, 2.24) is 4.72 Å². The minimum absolute atomic E-state index is 0.132. The molecule has 5 heteroatoms. The van der Waals surface area contributed by atoms with Crippen molar-refractivity contribution in [3.8, 4) is 6.07 Å². The van der Waals surface area contributed by atoms with Gasteiger partial charge < -0.3 is 0 Å². The van der Waals surface area contributed by atoms with E-state index in [1.165, 1.54) is 0 Å². The Balaban J connectivity index is 4.20. The second-order valence-corrected chi connectivity index (χ2v) is 5.60. The monoisotopic (exact) mass is 232 g/mol. The maximum atomic E-state index is 11.7. The van der Waals surface area contributed by atoms with E-state index in [2.05, 4.69) is 11.6 Å². The van der Waals surface area contributed by atoms with Crippen LogP contribution in [0.4, 0.5) is 0 Å². The second kappa shape index (κ2) is 7.66. The lowest BCUT2D eigenvalue weighted by Crippen LogP contribution is -2.34. The lowest BCUT2D eigenvalue weighted by molar-refractivity contribution is 0.543. The molecule has 0 saturated carbocycles. The minimum atomic E-state index is -3.29. The van der Waals surface area contributed by atoms with E-state index in [1.54, 1.807) is 6.07 Å². The summed E-state index contributed by atoms with van der Waals surface area (Å²) in [5, 5.41) is 7.97. The van der Waals surface area contributed by atoms with E-state index in [0.29, 0.717) is 12.8 Å². The van der Waals surface area contributed by atoms with Crippen LogP contribution in [0.3, 0.4) is 0 Å². The molecule has 0 aliphatic carbocycles. The molecule has 0 aliphatic heterocycles. The highest BCUT2D eigenvalue weighted by molar-refractivity contribution is 7.90. The molecule has 0 aromatic rings. The minimum Gasteiger partial charge on any atom is -0.212 e. The molecule has 0 radical (unpaired) electrons. The van der Waals surface area contributed by atoms with Crippen molar-refractivity contribution in [1.29, 1.82) is 5.26 Å². The van der Waals surface area contributed by atoms with Gasteiger partial charge in [0, 0.05) is 0 Å². The third-order valence-electron chi connectivity index (χ3n) is 2.38. The zero-order valence-electron chi connectivity index (χ0n) is 9.49. The standard InChI is InChI=1S/C10H20N2O2S/c1-3-5-6-7-10(4-2)15(13,14)12-9-8-11/h10,12H,3-7,9H2,1-2H3. The molecule has 0 fully saturated rings. The lowest BCUT2D eigenvalue weighted by Gasteiger charge is -2.14. The first-order chi connectivity index (χ1) is 7.08. The van der Waals surface area contributed by atoms with Crippen LogP contribution in [-0.2, 0) is 10.0 Å². The molecule has 0 spiro atoms. The van der Waals surface area contributed by atoms with Gasteiger partial charge in [-0.05, 0) is 12.8 Å². The summed E-state index contributed by atoms with van der Waals surface area (Å²) in [5.41, 5.74) is 0. The molecule has 1 N–H and O–H groups in total. The van der Waals surface area contributed by atoms with Crippen molar-refractivity contribution in [2.45, 2.75) is 51.2 Å². The number of sulfonamides is 1. The summed E-state index contributed by atoms with van der Waals surface area (Å²) in [6.07, 6.45) is 4.37. The second-order valence-electron chi connectivity index (χ2n) is 3.55. The number of hydrogen-bond donors (Lipinski definition) is 1. The molecule has 0 aromatic heterocycles. The van der Waals surface area contributed by atoms with Crippen LogP contribution in [0.2, 0.25) is 0 Å². The van der Waals surface area contributed by atoms with Gasteiger partial charge in [-0.2, -0.15) is 5.26 Å². The summed E-state index contributed by atoms with van der Waals surface area (Å²) in [6.45, 7) is 3.82. The first kappa shape index (κ1) is 14.4. The van der Waals surface area contributed by atoms with Gasteiger partial charge in [0.15, 0.2) is 0 Å². The molecule has 0 aromatic carbocycles. The van der Waals surface area contributed by atoms with E-state index in [-0.39, 0.29) is 11.8 Å². The summed E-state index contributed by atoms with van der Waals surface area (Å²) < 4.78 is 25.6. The van der Waals surface area contributed by atoms with Crippen molar-refractivity contribution in [2.24, 2.45) is 0 Å². The van der Waals surface area contributed by atoms with Crippen LogP contribution >= 0.6 is 0 Å². The van der Waals surface area contributed by atoms with Crippen molar-refractivity contribution >= 4 is 10.0 Å². The number of hydrogen-bond acceptors (Lipinski definition) is 3. The molecule has 0 rings (SSSR count). The van der Waals surface area contributed by atoms with Gasteiger partial charge in [0.2, 0.25) is 10.0 Å². The van der Waals surface area contributed by atoms with E-state index < -0.39 is 10.0 Å². The Hall–Kier alpha value is -0.600. The number of unbranched alkanes of at least 4 members (excludes halogenated alkanes) is 2. The number of nitriles is 1. The summed E-state index contributed by atoms with van der Waals surface area (Å²) in [7, 11) is -3.29. The van der Waals surface area contributed by atoms with Gasteiger partial charge in [-0.15, -0.1) is 0 Å². The van der Waals surface area contributed by atoms with E-state index in [1.807, 2.05) is 6.92 Å². The molecular formula is C10H20N2O2S. The Morgan fingerprint density at radius 1 is 1.33 bits per heavy atom. The quantitative estimate of drug-likeness (QED) is 0.512. The molecule has 1 unspecified atom stereocenters. The van der Waals surface area contributed by atoms with Crippen molar-refractivity contribution in [3.63, 3.8) is 0 Å². The van der Waals surface area contributed by atoms with Crippen molar-refractivity contribution < 1.29 is 8.42 Å². The highest BCUT2D eigenvalue weighted by Crippen LogP contribution is 2.13. The third kappa shape index (κ3) is 5.75. The first-order valence-corrected chi connectivity index (χ1v) is 6.98. The SMILES string of the molecule is CCCCCC(CC)S(=O)(=O)NCC#N. The summed E-state index contributed by atoms with van der Waals surface area (Å²) >= 11 is 0. The Bertz CT molecular complexity index is 293. The van der Waals surface area contributed by atoms with E-state index >= 15 is 0 Å². The fourth-order valence-corrected chi connectivity index (χ4v) is 2.87. The van der Waals surface area contributed by atoms with Gasteiger partial charge in [0.1, 0.15) is 0 Å². The summed E-state index contributed by atoms with van der Waals surface area (Å²) in [5.74, 6) is 0. The molecule has 0 heterocycles. The number of nitrogens with zero attached hydrogens (tertiary/aromatic N) is 1. The fourth-order valence-electron chi connectivity index (χ4n) is 1.45. The van der Waals surface area contributed by atoms with Gasteiger partial charge in [0.05, 0.1) is 17.9 Å². The molecular weight excluding hydrogens is 212 g/mol. The average Bonchev–Trinajstić information content (AvgIpc) is 2.21. The van der Waals surface area contributed by atoms with E-state index in [4.69, 9.17) is 5.26 Å². The van der Waals surface area contributed by atoms with Gasteiger partial charge in [-0.1, -0.05) is 33.1 Å². The van der Waals surface area contributed by atoms with Crippen molar-refractivity contribution in [2.75, 3.05) is 6.54 Å². The van der Waals surface area contributed by atoms with Crippen LogP contribution in [-0.4, -0.2) is 20.2 Å². The van der Waals surface area contributed by atoms with Crippen LogP contribution in [0.1, 0.15) is 46.0 Å². The highest BCUT2D eigenvalue weighted by atomic mass is 32.2. The molecule has 0 bridgehead atoms. The van der Waals surface area contributed by atoms with Gasteiger partial charge in [-0.3, -0.25) is 0 Å². The van der Waals surface area contributed by atoms with Crippen LogP contribution in [0.25, 0.3) is 0 Å². The smallest absolute Gasteiger partial charge is 0.212 e. The highest BCUT2D eigenvalue weighted by Gasteiger charge is 2.22. The van der Waals surface area contributed by atoms with E-state index in [0.717, 1.165) is 19.3 Å². The topological polar surface area (TPSA) is 70.0 Å². The molecule has 4 nitrogen and oxygen atoms in total. The predicted octanol–water partition coefficient (Wildman–Crippen LogP) is 1.79. The van der Waals surface area contributed by atoms with Crippen molar-refractivity contribution in [3.05, 3.63) is 0 Å². The Labute approximate surface area is 92.7 Å². The average molecular weight is 232 g/mol. The van der Waals surface area contributed by atoms with Crippen LogP contribution in [0.5, 0.6) is 0 Å². The Kier molecular flexibility index (Phi) is 7.35.